The van der Waals surface area contributed by atoms with E-state index >= 15 is 0 Å². The Labute approximate surface area is 122 Å². The second-order valence-electron chi connectivity index (χ2n) is 5.87. The van der Waals surface area contributed by atoms with Crippen molar-refractivity contribution in [3.63, 3.8) is 0 Å². The minimum atomic E-state index is -0.457. The van der Waals surface area contributed by atoms with Crippen molar-refractivity contribution in [2.75, 3.05) is 0 Å². The maximum Gasteiger partial charge on any atom is 0.119 e. The molecule has 0 heterocycles. The fourth-order valence-electron chi connectivity index (χ4n) is 2.68. The molecule has 0 aliphatic heterocycles. The Bertz CT molecular complexity index is 431. The second-order valence-corrected chi connectivity index (χ2v) is 5.87. The van der Waals surface area contributed by atoms with E-state index in [9.17, 15) is 5.11 Å². The van der Waals surface area contributed by atoms with E-state index in [-0.39, 0.29) is 6.10 Å². The van der Waals surface area contributed by atoms with Gasteiger partial charge in [0.15, 0.2) is 0 Å². The molecule has 2 rings (SSSR count). The highest BCUT2D eigenvalue weighted by Gasteiger charge is 2.14. The number of aliphatic hydroxyl groups is 1. The zero-order valence-electron chi connectivity index (χ0n) is 12.6. The Morgan fingerprint density at radius 3 is 2.40 bits per heavy atom. The molecule has 110 valence electrons. The third-order valence-corrected chi connectivity index (χ3v) is 3.74. The first-order chi connectivity index (χ1) is 9.66. The topological polar surface area (TPSA) is 29.5 Å². The molecule has 1 aliphatic carbocycles. The van der Waals surface area contributed by atoms with Gasteiger partial charge in [-0.2, -0.15) is 0 Å². The van der Waals surface area contributed by atoms with Gasteiger partial charge < -0.3 is 9.84 Å². The zero-order chi connectivity index (χ0) is 14.4. The second kappa shape index (κ2) is 7.49. The van der Waals surface area contributed by atoms with E-state index in [0.717, 1.165) is 24.2 Å². The molecule has 1 N–H and O–H groups in total. The number of aliphatic hydroxyl groups excluding tert-OH is 1. The van der Waals surface area contributed by atoms with Crippen LogP contribution in [0.3, 0.4) is 0 Å². The van der Waals surface area contributed by atoms with Crippen molar-refractivity contribution in [3.05, 3.63) is 41.5 Å². The Hall–Kier alpha value is -1.28. The molecule has 1 aromatic rings. The summed E-state index contributed by atoms with van der Waals surface area (Å²) in [7, 11) is 0. The first-order valence-corrected chi connectivity index (χ1v) is 7.80. The summed E-state index contributed by atoms with van der Waals surface area (Å²) in [4.78, 5) is 0. The van der Waals surface area contributed by atoms with Crippen molar-refractivity contribution in [1.29, 1.82) is 0 Å². The lowest BCUT2D eigenvalue weighted by Gasteiger charge is -2.18. The molecule has 1 aromatic carbocycles. The lowest BCUT2D eigenvalue weighted by Crippen LogP contribution is -2.06. The quantitative estimate of drug-likeness (QED) is 0.800. The maximum absolute atomic E-state index is 10.5. The third kappa shape index (κ3) is 4.38. The van der Waals surface area contributed by atoms with Crippen LogP contribution in [-0.2, 0) is 0 Å². The van der Waals surface area contributed by atoms with Gasteiger partial charge in [0.2, 0.25) is 0 Å². The van der Waals surface area contributed by atoms with Gasteiger partial charge in [0.05, 0.1) is 6.10 Å². The Morgan fingerprint density at radius 1 is 1.00 bits per heavy atom. The largest absolute Gasteiger partial charge is 0.491 e. The average Bonchev–Trinajstić information content (AvgIpc) is 2.38. The SMILES string of the molecule is CC(C)Oc1ccc(C(O)/C2=C/CCCCCC2)cc1. The van der Waals surface area contributed by atoms with E-state index in [2.05, 4.69) is 6.08 Å². The third-order valence-electron chi connectivity index (χ3n) is 3.74. The zero-order valence-corrected chi connectivity index (χ0v) is 12.6. The van der Waals surface area contributed by atoms with E-state index in [0.29, 0.717) is 0 Å². The van der Waals surface area contributed by atoms with Gasteiger partial charge in [-0.3, -0.25) is 0 Å². The van der Waals surface area contributed by atoms with Crippen LogP contribution in [0, 0.1) is 0 Å². The molecule has 0 spiro atoms. The van der Waals surface area contributed by atoms with Gasteiger partial charge in [-0.1, -0.05) is 31.1 Å². The first kappa shape index (κ1) is 15.1. The van der Waals surface area contributed by atoms with Crippen LogP contribution in [0.5, 0.6) is 5.75 Å². The summed E-state index contributed by atoms with van der Waals surface area (Å²) in [6.45, 7) is 4.03. The molecule has 0 fully saturated rings. The number of ether oxygens (including phenoxy) is 1. The Balaban J connectivity index is 2.05. The summed E-state index contributed by atoms with van der Waals surface area (Å²) in [5, 5.41) is 10.5. The van der Waals surface area contributed by atoms with E-state index in [1.807, 2.05) is 38.1 Å². The fourth-order valence-corrected chi connectivity index (χ4v) is 2.68. The standard InChI is InChI=1S/C18H26O2/c1-14(2)20-17-12-10-16(11-13-17)18(19)15-8-6-4-3-5-7-9-15/h8,10-14,18-19H,3-7,9H2,1-2H3/b15-8+. The number of hydrogen-bond acceptors (Lipinski definition) is 2. The van der Waals surface area contributed by atoms with Crippen LogP contribution in [0.2, 0.25) is 0 Å². The van der Waals surface area contributed by atoms with Gasteiger partial charge in [0.1, 0.15) is 11.9 Å². The van der Waals surface area contributed by atoms with Crippen LogP contribution in [0.4, 0.5) is 0 Å². The Kier molecular flexibility index (Phi) is 5.66. The highest BCUT2D eigenvalue weighted by molar-refractivity contribution is 5.32. The molecule has 1 unspecified atom stereocenters. The van der Waals surface area contributed by atoms with Crippen molar-refractivity contribution < 1.29 is 9.84 Å². The lowest BCUT2D eigenvalue weighted by atomic mass is 9.93. The summed E-state index contributed by atoms with van der Waals surface area (Å²) in [5.74, 6) is 0.864. The molecule has 0 aromatic heterocycles. The van der Waals surface area contributed by atoms with Gasteiger partial charge in [0.25, 0.3) is 0 Å². The summed E-state index contributed by atoms with van der Waals surface area (Å²) >= 11 is 0. The van der Waals surface area contributed by atoms with Crippen LogP contribution in [-0.4, -0.2) is 11.2 Å². The predicted molar refractivity (Wildman–Crippen MR) is 83.0 cm³/mol. The maximum atomic E-state index is 10.5. The van der Waals surface area contributed by atoms with E-state index in [1.54, 1.807) is 0 Å². The molecule has 1 aliphatic rings. The highest BCUT2D eigenvalue weighted by atomic mass is 16.5. The van der Waals surface area contributed by atoms with Gasteiger partial charge in [-0.05, 0) is 62.8 Å². The summed E-state index contributed by atoms with van der Waals surface area (Å²) < 4.78 is 5.63. The number of allylic oxidation sites excluding steroid dienone is 1. The normalized spacial score (nSPS) is 20.7. The average molecular weight is 274 g/mol. The first-order valence-electron chi connectivity index (χ1n) is 7.80. The number of rotatable bonds is 4. The van der Waals surface area contributed by atoms with Gasteiger partial charge in [-0.25, -0.2) is 0 Å². The van der Waals surface area contributed by atoms with E-state index in [1.165, 1.54) is 31.3 Å². The smallest absolute Gasteiger partial charge is 0.119 e. The van der Waals surface area contributed by atoms with Crippen molar-refractivity contribution in [1.82, 2.24) is 0 Å². The summed E-state index contributed by atoms with van der Waals surface area (Å²) in [6, 6.07) is 7.84. The molecular formula is C18H26O2. The molecule has 0 radical (unpaired) electrons. The Morgan fingerprint density at radius 2 is 1.70 bits per heavy atom. The molecule has 2 nitrogen and oxygen atoms in total. The molecular weight excluding hydrogens is 248 g/mol. The predicted octanol–water partition coefficient (Wildman–Crippen LogP) is 4.79. The lowest BCUT2D eigenvalue weighted by molar-refractivity contribution is 0.208. The van der Waals surface area contributed by atoms with Crippen LogP contribution in [0.15, 0.2) is 35.9 Å². The number of benzene rings is 1. The summed E-state index contributed by atoms with van der Waals surface area (Å²) in [5.41, 5.74) is 2.15. The number of hydrogen-bond donors (Lipinski definition) is 1. The van der Waals surface area contributed by atoms with E-state index in [4.69, 9.17) is 4.74 Å². The fraction of sp³-hybridized carbons (Fsp3) is 0.556. The molecule has 0 amide bonds. The highest BCUT2D eigenvalue weighted by Crippen LogP contribution is 2.29. The molecule has 0 saturated carbocycles. The molecule has 1 atom stereocenters. The molecule has 20 heavy (non-hydrogen) atoms. The van der Waals surface area contributed by atoms with Crippen LogP contribution >= 0.6 is 0 Å². The van der Waals surface area contributed by atoms with Crippen LogP contribution < -0.4 is 4.74 Å². The van der Waals surface area contributed by atoms with Crippen LogP contribution in [0.1, 0.15) is 64.0 Å². The van der Waals surface area contributed by atoms with Crippen LogP contribution in [0.25, 0.3) is 0 Å². The minimum Gasteiger partial charge on any atom is -0.491 e. The van der Waals surface area contributed by atoms with Gasteiger partial charge in [-0.15, -0.1) is 0 Å². The van der Waals surface area contributed by atoms with E-state index < -0.39 is 6.10 Å². The van der Waals surface area contributed by atoms with Gasteiger partial charge >= 0.3 is 0 Å². The van der Waals surface area contributed by atoms with Crippen molar-refractivity contribution >= 4 is 0 Å². The van der Waals surface area contributed by atoms with Gasteiger partial charge in [0, 0.05) is 0 Å². The van der Waals surface area contributed by atoms with Crippen molar-refractivity contribution in [3.8, 4) is 5.75 Å². The minimum absolute atomic E-state index is 0.180. The molecule has 0 saturated heterocycles. The van der Waals surface area contributed by atoms with Crippen molar-refractivity contribution in [2.24, 2.45) is 0 Å². The molecule has 2 heteroatoms. The monoisotopic (exact) mass is 274 g/mol. The summed E-state index contributed by atoms with van der Waals surface area (Å²) in [6.07, 6.45) is 9.12. The molecule has 0 bridgehead atoms. The van der Waals surface area contributed by atoms with Crippen molar-refractivity contribution in [2.45, 2.75) is 64.6 Å².